The van der Waals surface area contributed by atoms with Crippen LogP contribution >= 0.6 is 15.9 Å². The number of para-hydroxylation sites is 1. The second-order valence-electron chi connectivity index (χ2n) is 6.63. The minimum absolute atomic E-state index is 0.174. The molecule has 31 heavy (non-hydrogen) atoms. The molecule has 9 heteroatoms. The van der Waals surface area contributed by atoms with Gasteiger partial charge in [-0.3, -0.25) is 4.79 Å². The third-order valence-electron chi connectivity index (χ3n) is 4.46. The van der Waals surface area contributed by atoms with Gasteiger partial charge in [0, 0.05) is 10.0 Å². The fraction of sp³-hybridized carbons (Fsp3) is 0.0909. The molecule has 0 fully saturated rings. The fourth-order valence-corrected chi connectivity index (χ4v) is 3.34. The van der Waals surface area contributed by atoms with Crippen LogP contribution in [0.5, 0.6) is 5.75 Å². The number of hydrogen-bond donors (Lipinski definition) is 1. The van der Waals surface area contributed by atoms with Crippen molar-refractivity contribution < 1.29 is 17.9 Å². The number of rotatable bonds is 5. The minimum atomic E-state index is -4.82. The first-order valence-electron chi connectivity index (χ1n) is 9.16. The molecule has 0 aliphatic rings. The van der Waals surface area contributed by atoms with E-state index < -0.39 is 12.1 Å². The van der Waals surface area contributed by atoms with Crippen LogP contribution in [0.1, 0.15) is 5.56 Å². The molecule has 4 aromatic rings. The normalized spacial score (nSPS) is 11.5. The number of aromatic nitrogens is 2. The van der Waals surface area contributed by atoms with Gasteiger partial charge in [0.25, 0.3) is 5.56 Å². The molecule has 0 amide bonds. The maximum absolute atomic E-state index is 13.2. The summed E-state index contributed by atoms with van der Waals surface area (Å²) in [5, 5.41) is 0.386. The number of fused-ring (bicyclic) bond motifs is 1. The Kier molecular flexibility index (Phi) is 5.69. The van der Waals surface area contributed by atoms with Gasteiger partial charge in [0.1, 0.15) is 5.75 Å². The quantitative estimate of drug-likeness (QED) is 0.403. The maximum Gasteiger partial charge on any atom is 0.573 e. The smallest absolute Gasteiger partial charge is 0.406 e. The number of ether oxygens (including phenoxy) is 1. The monoisotopic (exact) mass is 489 g/mol. The van der Waals surface area contributed by atoms with Gasteiger partial charge in [0.05, 0.1) is 17.4 Å². The Balaban J connectivity index is 1.80. The highest BCUT2D eigenvalue weighted by atomic mass is 79.9. The van der Waals surface area contributed by atoms with Gasteiger partial charge in [0.15, 0.2) is 5.82 Å². The third kappa shape index (κ3) is 4.88. The molecule has 0 atom stereocenters. The molecule has 5 nitrogen and oxygen atoms in total. The summed E-state index contributed by atoms with van der Waals surface area (Å²) in [7, 11) is 0. The molecule has 3 aromatic carbocycles. The van der Waals surface area contributed by atoms with Gasteiger partial charge in [0.2, 0.25) is 0 Å². The second kappa shape index (κ2) is 8.43. The first kappa shape index (κ1) is 20.9. The summed E-state index contributed by atoms with van der Waals surface area (Å²) in [6.07, 6.45) is -4.82. The number of halogens is 4. The van der Waals surface area contributed by atoms with Crippen LogP contribution in [0.15, 0.2) is 82.1 Å². The average molecular weight is 490 g/mol. The Labute approximate surface area is 183 Å². The van der Waals surface area contributed by atoms with Crippen LogP contribution in [0.25, 0.3) is 22.3 Å². The first-order chi connectivity index (χ1) is 14.8. The summed E-state index contributed by atoms with van der Waals surface area (Å²) >= 11 is 3.37. The topological polar surface area (TPSA) is 56.1 Å². The number of hydrogen-bond acceptors (Lipinski definition) is 4. The molecule has 0 bridgehead atoms. The summed E-state index contributed by atoms with van der Waals surface area (Å²) in [6.45, 7) is 0.305. The van der Waals surface area contributed by atoms with Crippen LogP contribution in [0, 0.1) is 0 Å². The van der Waals surface area contributed by atoms with Crippen molar-refractivity contribution in [3.05, 3.63) is 93.2 Å². The maximum atomic E-state index is 13.2. The average Bonchev–Trinajstić information content (AvgIpc) is 2.73. The lowest BCUT2D eigenvalue weighted by molar-refractivity contribution is -0.274. The molecule has 1 heterocycles. The molecular weight excluding hydrogens is 475 g/mol. The van der Waals surface area contributed by atoms with E-state index in [0.29, 0.717) is 23.0 Å². The van der Waals surface area contributed by atoms with E-state index in [9.17, 15) is 18.0 Å². The van der Waals surface area contributed by atoms with Crippen LogP contribution in [0.3, 0.4) is 0 Å². The van der Waals surface area contributed by atoms with Gasteiger partial charge in [-0.1, -0.05) is 52.3 Å². The van der Waals surface area contributed by atoms with Gasteiger partial charge < -0.3 is 10.2 Å². The van der Waals surface area contributed by atoms with Crippen molar-refractivity contribution in [2.24, 2.45) is 0 Å². The lowest BCUT2D eigenvalue weighted by atomic mass is 10.1. The molecular formula is C22H15BrF3N3O2. The Morgan fingerprint density at radius 2 is 1.74 bits per heavy atom. The molecule has 0 unspecified atom stereocenters. The molecule has 158 valence electrons. The van der Waals surface area contributed by atoms with E-state index in [1.54, 1.807) is 30.3 Å². The zero-order valence-corrected chi connectivity index (χ0v) is 17.4. The number of benzene rings is 3. The fourth-order valence-electron chi connectivity index (χ4n) is 3.08. The summed E-state index contributed by atoms with van der Waals surface area (Å²) in [6, 6.07) is 19.7. The highest BCUT2D eigenvalue weighted by molar-refractivity contribution is 9.10. The lowest BCUT2D eigenvalue weighted by Crippen LogP contribution is -2.31. The molecule has 1 N–H and O–H groups in total. The standard InChI is InChI=1S/C22H15BrF3N3O2/c23-16-10-8-14(9-11-16)13-27-29-20(28-19-7-2-1-6-18(19)21(29)30)15-4-3-5-17(12-15)31-22(24,25)26/h1-12,27H,13H2. The van der Waals surface area contributed by atoms with E-state index in [1.165, 1.54) is 22.9 Å². The van der Waals surface area contributed by atoms with Crippen molar-refractivity contribution in [3.8, 4) is 17.1 Å². The van der Waals surface area contributed by atoms with Crippen molar-refractivity contribution in [3.63, 3.8) is 0 Å². The molecule has 0 aliphatic carbocycles. The van der Waals surface area contributed by atoms with E-state index in [0.717, 1.165) is 10.0 Å². The SMILES string of the molecule is O=c1c2ccccc2nc(-c2cccc(OC(F)(F)F)c2)n1NCc1ccc(Br)cc1. The van der Waals surface area contributed by atoms with E-state index in [4.69, 9.17) is 0 Å². The highest BCUT2D eigenvalue weighted by Gasteiger charge is 2.31. The summed E-state index contributed by atoms with van der Waals surface area (Å²) in [4.78, 5) is 17.7. The minimum Gasteiger partial charge on any atom is -0.406 e. The molecule has 0 saturated carbocycles. The zero-order valence-electron chi connectivity index (χ0n) is 15.9. The Morgan fingerprint density at radius 1 is 1.00 bits per heavy atom. The van der Waals surface area contributed by atoms with Crippen LogP contribution in [-0.2, 0) is 6.54 Å². The Bertz CT molecular complexity index is 1290. The van der Waals surface area contributed by atoms with E-state index in [1.807, 2.05) is 24.3 Å². The summed E-state index contributed by atoms with van der Waals surface area (Å²) in [5.74, 6) is -0.222. The summed E-state index contributed by atoms with van der Waals surface area (Å²) in [5.41, 5.74) is 4.32. The molecule has 0 spiro atoms. The lowest BCUT2D eigenvalue weighted by Gasteiger charge is -2.16. The van der Waals surface area contributed by atoms with Crippen LogP contribution < -0.4 is 15.7 Å². The van der Waals surface area contributed by atoms with Gasteiger partial charge in [-0.25, -0.2) is 9.66 Å². The van der Waals surface area contributed by atoms with Crippen LogP contribution in [-0.4, -0.2) is 16.0 Å². The second-order valence-corrected chi connectivity index (χ2v) is 7.55. The van der Waals surface area contributed by atoms with Crippen LogP contribution in [0.2, 0.25) is 0 Å². The van der Waals surface area contributed by atoms with Gasteiger partial charge in [-0.15, -0.1) is 13.2 Å². The van der Waals surface area contributed by atoms with Crippen molar-refractivity contribution in [2.45, 2.75) is 12.9 Å². The van der Waals surface area contributed by atoms with E-state index >= 15 is 0 Å². The third-order valence-corrected chi connectivity index (χ3v) is 4.98. The first-order valence-corrected chi connectivity index (χ1v) is 9.96. The predicted molar refractivity (Wildman–Crippen MR) is 115 cm³/mol. The van der Waals surface area contributed by atoms with E-state index in [-0.39, 0.29) is 11.4 Å². The van der Waals surface area contributed by atoms with E-state index in [2.05, 4.69) is 31.1 Å². The molecule has 4 rings (SSSR count). The Morgan fingerprint density at radius 3 is 2.48 bits per heavy atom. The largest absolute Gasteiger partial charge is 0.573 e. The van der Waals surface area contributed by atoms with Crippen molar-refractivity contribution in [1.29, 1.82) is 0 Å². The molecule has 1 aromatic heterocycles. The molecule has 0 aliphatic heterocycles. The number of alkyl halides is 3. The Hall–Kier alpha value is -3.33. The number of nitrogens with zero attached hydrogens (tertiary/aromatic N) is 2. The highest BCUT2D eigenvalue weighted by Crippen LogP contribution is 2.27. The van der Waals surface area contributed by atoms with Gasteiger partial charge in [-0.05, 0) is 42.0 Å². The summed E-state index contributed by atoms with van der Waals surface area (Å²) < 4.78 is 44.2. The molecule has 0 radical (unpaired) electrons. The van der Waals surface area contributed by atoms with Gasteiger partial charge >= 0.3 is 6.36 Å². The van der Waals surface area contributed by atoms with Crippen molar-refractivity contribution >= 4 is 26.8 Å². The van der Waals surface area contributed by atoms with Crippen molar-refractivity contribution in [1.82, 2.24) is 9.66 Å². The number of nitrogens with one attached hydrogen (secondary N) is 1. The van der Waals surface area contributed by atoms with Crippen LogP contribution in [0.4, 0.5) is 13.2 Å². The predicted octanol–water partition coefficient (Wildman–Crippen LogP) is 5.47. The van der Waals surface area contributed by atoms with Gasteiger partial charge in [-0.2, -0.15) is 0 Å². The molecule has 0 saturated heterocycles. The van der Waals surface area contributed by atoms with Crippen molar-refractivity contribution in [2.75, 3.05) is 5.43 Å². The zero-order chi connectivity index (χ0) is 22.0.